The molecule has 0 fully saturated rings. The molecular weight excluding hydrogens is 330 g/mol. The molecule has 1 heterocycles. The molecule has 3 aromatic rings. The number of aryl methyl sites for hydroxylation is 2. The van der Waals surface area contributed by atoms with Gasteiger partial charge in [-0.3, -0.25) is 4.79 Å². The molecule has 0 radical (unpaired) electrons. The van der Waals surface area contributed by atoms with Gasteiger partial charge >= 0.3 is 0 Å². The number of Topliss-reactive ketones (excluding diaryl/α,β-unsaturated/α-hetero) is 1. The molecule has 0 N–H and O–H groups in total. The third-order valence-corrected chi connectivity index (χ3v) is 5.15. The minimum Gasteiger partial charge on any atom is -0.305 e. The van der Waals surface area contributed by atoms with Gasteiger partial charge in [-0.25, -0.2) is 0 Å². The first-order valence-corrected chi connectivity index (χ1v) is 9.28. The molecule has 4 nitrogen and oxygen atoms in total. The van der Waals surface area contributed by atoms with Gasteiger partial charge in [0.25, 0.3) is 0 Å². The van der Waals surface area contributed by atoms with Gasteiger partial charge in [-0.15, -0.1) is 10.2 Å². The Morgan fingerprint density at radius 1 is 1.12 bits per heavy atom. The van der Waals surface area contributed by atoms with E-state index in [9.17, 15) is 4.79 Å². The summed E-state index contributed by atoms with van der Waals surface area (Å²) >= 11 is 1.42. The van der Waals surface area contributed by atoms with E-state index in [1.165, 1.54) is 22.9 Å². The van der Waals surface area contributed by atoms with Crippen LogP contribution in [0.3, 0.4) is 0 Å². The first-order valence-electron chi connectivity index (χ1n) is 8.30. The molecule has 0 unspecified atom stereocenters. The van der Waals surface area contributed by atoms with Crippen LogP contribution in [0.1, 0.15) is 28.4 Å². The molecule has 0 amide bonds. The normalized spacial score (nSPS) is 10.8. The number of nitrogens with zero attached hydrogens (tertiary/aromatic N) is 3. The molecule has 0 aliphatic heterocycles. The van der Waals surface area contributed by atoms with Gasteiger partial charge in [-0.1, -0.05) is 66.7 Å². The van der Waals surface area contributed by atoms with E-state index < -0.39 is 0 Å². The van der Waals surface area contributed by atoms with Gasteiger partial charge in [0.15, 0.2) is 16.8 Å². The Morgan fingerprint density at radius 3 is 2.56 bits per heavy atom. The van der Waals surface area contributed by atoms with Gasteiger partial charge in [0, 0.05) is 18.2 Å². The molecular formula is C20H21N3OS. The van der Waals surface area contributed by atoms with Crippen LogP contribution in [0.4, 0.5) is 0 Å². The Bertz CT molecular complexity index is 884. The van der Waals surface area contributed by atoms with E-state index in [4.69, 9.17) is 0 Å². The molecule has 0 aliphatic rings. The number of benzene rings is 2. The maximum atomic E-state index is 12.4. The van der Waals surface area contributed by atoms with Crippen molar-refractivity contribution < 1.29 is 4.79 Å². The van der Waals surface area contributed by atoms with Gasteiger partial charge in [0.2, 0.25) is 0 Å². The Kier molecular flexibility index (Phi) is 5.34. The van der Waals surface area contributed by atoms with Crippen molar-refractivity contribution in [2.75, 3.05) is 5.75 Å². The van der Waals surface area contributed by atoms with E-state index >= 15 is 0 Å². The average molecular weight is 351 g/mol. The quantitative estimate of drug-likeness (QED) is 0.490. The summed E-state index contributed by atoms with van der Waals surface area (Å²) in [5.41, 5.74) is 4.19. The van der Waals surface area contributed by atoms with Crippen molar-refractivity contribution in [2.24, 2.45) is 7.05 Å². The number of hydrogen-bond acceptors (Lipinski definition) is 4. The Morgan fingerprint density at radius 2 is 1.88 bits per heavy atom. The third kappa shape index (κ3) is 3.99. The molecule has 0 saturated heterocycles. The smallest absolute Gasteiger partial charge is 0.191 e. The number of hydrogen-bond donors (Lipinski definition) is 0. The largest absolute Gasteiger partial charge is 0.305 e. The van der Waals surface area contributed by atoms with Crippen molar-refractivity contribution in [3.8, 4) is 11.4 Å². The summed E-state index contributed by atoms with van der Waals surface area (Å²) in [6.07, 6.45) is 0.976. The van der Waals surface area contributed by atoms with Crippen LogP contribution >= 0.6 is 11.8 Å². The first-order chi connectivity index (χ1) is 12.1. The van der Waals surface area contributed by atoms with E-state index in [1.54, 1.807) is 0 Å². The number of thioether (sulfide) groups is 1. The van der Waals surface area contributed by atoms with Crippen LogP contribution in [0.25, 0.3) is 11.4 Å². The lowest BCUT2D eigenvalue weighted by Crippen LogP contribution is -2.04. The van der Waals surface area contributed by atoms with Crippen LogP contribution in [0, 0.1) is 6.92 Å². The zero-order valence-corrected chi connectivity index (χ0v) is 15.5. The number of carbonyl (C=O) groups is 1. The van der Waals surface area contributed by atoms with Gasteiger partial charge in [-0.2, -0.15) is 0 Å². The zero-order chi connectivity index (χ0) is 17.8. The van der Waals surface area contributed by atoms with Crippen LogP contribution in [0.15, 0.2) is 53.7 Å². The highest BCUT2D eigenvalue weighted by molar-refractivity contribution is 7.99. The van der Waals surface area contributed by atoms with Crippen LogP contribution in [0.5, 0.6) is 0 Å². The number of aromatic nitrogens is 3. The fourth-order valence-electron chi connectivity index (χ4n) is 2.62. The average Bonchev–Trinajstić information content (AvgIpc) is 3.00. The van der Waals surface area contributed by atoms with E-state index in [-0.39, 0.29) is 5.78 Å². The Balaban J connectivity index is 1.70. The minimum absolute atomic E-state index is 0.104. The zero-order valence-electron chi connectivity index (χ0n) is 14.7. The monoisotopic (exact) mass is 351 g/mol. The molecule has 0 atom stereocenters. The first kappa shape index (κ1) is 17.4. The van der Waals surface area contributed by atoms with Crippen molar-refractivity contribution in [1.29, 1.82) is 0 Å². The highest BCUT2D eigenvalue weighted by atomic mass is 32.2. The summed E-state index contributed by atoms with van der Waals surface area (Å²) < 4.78 is 1.94. The molecule has 0 saturated carbocycles. The molecule has 0 bridgehead atoms. The molecule has 25 heavy (non-hydrogen) atoms. The highest BCUT2D eigenvalue weighted by Crippen LogP contribution is 2.24. The van der Waals surface area contributed by atoms with Crippen LogP contribution < -0.4 is 0 Å². The van der Waals surface area contributed by atoms with E-state index in [0.29, 0.717) is 5.75 Å². The predicted molar refractivity (Wildman–Crippen MR) is 102 cm³/mol. The lowest BCUT2D eigenvalue weighted by molar-refractivity contribution is 0.102. The highest BCUT2D eigenvalue weighted by Gasteiger charge is 2.14. The summed E-state index contributed by atoms with van der Waals surface area (Å²) in [5.74, 6) is 1.27. The fourth-order valence-corrected chi connectivity index (χ4v) is 3.42. The van der Waals surface area contributed by atoms with Gasteiger partial charge in [-0.05, 0) is 25.0 Å². The predicted octanol–water partition coefficient (Wildman–Crippen LogP) is 4.33. The maximum absolute atomic E-state index is 12.4. The molecule has 5 heteroatoms. The molecule has 0 spiro atoms. The summed E-state index contributed by atoms with van der Waals surface area (Å²) in [7, 11) is 1.93. The van der Waals surface area contributed by atoms with Crippen LogP contribution in [-0.2, 0) is 13.5 Å². The standard InChI is InChI=1S/C20H21N3OS/c1-4-15-8-10-16(11-9-15)18(24)13-25-20-22-21-19(23(20)3)17-7-5-6-14(2)12-17/h5-12H,4,13H2,1-3H3. The number of rotatable bonds is 6. The minimum atomic E-state index is 0.104. The fraction of sp³-hybridized carbons (Fsp3) is 0.250. The Labute approximate surface area is 152 Å². The summed E-state index contributed by atoms with van der Waals surface area (Å²) in [4.78, 5) is 12.4. The van der Waals surface area contributed by atoms with Crippen molar-refractivity contribution in [2.45, 2.75) is 25.4 Å². The number of ketones is 1. The summed E-state index contributed by atoms with van der Waals surface area (Å²) in [5, 5.41) is 9.27. The molecule has 2 aromatic carbocycles. The van der Waals surface area contributed by atoms with E-state index in [0.717, 1.165) is 28.5 Å². The maximum Gasteiger partial charge on any atom is 0.191 e. The van der Waals surface area contributed by atoms with Crippen LogP contribution in [0.2, 0.25) is 0 Å². The SMILES string of the molecule is CCc1ccc(C(=O)CSc2nnc(-c3cccc(C)c3)n2C)cc1. The van der Waals surface area contributed by atoms with Gasteiger partial charge in [0.05, 0.1) is 5.75 Å². The van der Waals surface area contributed by atoms with Crippen molar-refractivity contribution in [1.82, 2.24) is 14.8 Å². The molecule has 128 valence electrons. The van der Waals surface area contributed by atoms with Gasteiger partial charge in [0.1, 0.15) is 0 Å². The lowest BCUT2D eigenvalue weighted by Gasteiger charge is -2.05. The molecule has 3 rings (SSSR count). The Hall–Kier alpha value is -2.40. The van der Waals surface area contributed by atoms with Gasteiger partial charge < -0.3 is 4.57 Å². The third-order valence-electron chi connectivity index (χ3n) is 4.13. The van der Waals surface area contributed by atoms with Crippen molar-refractivity contribution in [3.05, 3.63) is 65.2 Å². The summed E-state index contributed by atoms with van der Waals surface area (Å²) in [6, 6.07) is 16.0. The van der Waals surface area contributed by atoms with E-state index in [1.807, 2.05) is 48.0 Å². The second-order valence-corrected chi connectivity index (χ2v) is 6.94. The van der Waals surface area contributed by atoms with Crippen molar-refractivity contribution in [3.63, 3.8) is 0 Å². The summed E-state index contributed by atoms with van der Waals surface area (Å²) in [6.45, 7) is 4.16. The second kappa shape index (κ2) is 7.66. The topological polar surface area (TPSA) is 47.8 Å². The molecule has 1 aromatic heterocycles. The number of carbonyl (C=O) groups excluding carboxylic acids is 1. The van der Waals surface area contributed by atoms with Crippen LogP contribution in [-0.4, -0.2) is 26.3 Å². The second-order valence-electron chi connectivity index (χ2n) is 6.00. The lowest BCUT2D eigenvalue weighted by atomic mass is 10.1. The van der Waals surface area contributed by atoms with Crippen molar-refractivity contribution >= 4 is 17.5 Å². The van der Waals surface area contributed by atoms with E-state index in [2.05, 4.69) is 36.2 Å². The molecule has 0 aliphatic carbocycles.